The second-order valence-corrected chi connectivity index (χ2v) is 9.60. The summed E-state index contributed by atoms with van der Waals surface area (Å²) in [5.41, 5.74) is 1.36. The number of amides is 2. The maximum atomic E-state index is 12.1. The lowest BCUT2D eigenvalue weighted by Crippen LogP contribution is -2.47. The predicted molar refractivity (Wildman–Crippen MR) is 104 cm³/mol. The second kappa shape index (κ2) is 10.2. The fourth-order valence-corrected chi connectivity index (χ4v) is 4.58. The molecule has 0 atom stereocenters. The smallest absolute Gasteiger partial charge is 0.309 e. The molecule has 2 rings (SSSR count). The first-order chi connectivity index (χ1) is 12.8. The van der Waals surface area contributed by atoms with Crippen molar-refractivity contribution in [2.24, 2.45) is 5.92 Å². The van der Waals surface area contributed by atoms with Crippen LogP contribution >= 0.6 is 0 Å². The van der Waals surface area contributed by atoms with Crippen LogP contribution in [0.4, 0.5) is 0 Å². The van der Waals surface area contributed by atoms with Crippen LogP contribution in [0.5, 0.6) is 0 Å². The normalized spacial score (nSPS) is 19.6. The van der Waals surface area contributed by atoms with E-state index in [1.54, 1.807) is 0 Å². The average molecular weight is 401 g/mol. The van der Waals surface area contributed by atoms with Crippen molar-refractivity contribution in [1.82, 2.24) is 19.2 Å². The van der Waals surface area contributed by atoms with E-state index in [1.165, 1.54) is 41.1 Å². The SMILES string of the molecule is CN(C)S(=O)(=O)N1CCC(CNC(=O)C(=O)NCCC2=CCCCC2)CC1. The summed E-state index contributed by atoms with van der Waals surface area (Å²) in [5.74, 6) is -1.03. The molecule has 0 spiro atoms. The average Bonchev–Trinajstić information content (AvgIpc) is 2.67. The van der Waals surface area contributed by atoms with E-state index in [-0.39, 0.29) is 5.92 Å². The molecule has 2 N–H and O–H groups in total. The van der Waals surface area contributed by atoms with Gasteiger partial charge in [-0.25, -0.2) is 0 Å². The van der Waals surface area contributed by atoms with Gasteiger partial charge in [-0.1, -0.05) is 11.6 Å². The fraction of sp³-hybridized carbons (Fsp3) is 0.778. The number of nitrogens with zero attached hydrogens (tertiary/aromatic N) is 2. The molecule has 0 aromatic carbocycles. The molecule has 0 bridgehead atoms. The van der Waals surface area contributed by atoms with Crippen molar-refractivity contribution in [3.8, 4) is 0 Å². The van der Waals surface area contributed by atoms with Crippen molar-refractivity contribution < 1.29 is 18.0 Å². The number of nitrogens with one attached hydrogen (secondary N) is 2. The zero-order valence-corrected chi connectivity index (χ0v) is 17.2. The summed E-state index contributed by atoms with van der Waals surface area (Å²) in [4.78, 5) is 23.8. The third-order valence-electron chi connectivity index (χ3n) is 5.24. The van der Waals surface area contributed by atoms with Crippen LogP contribution in [-0.2, 0) is 19.8 Å². The molecule has 1 aliphatic heterocycles. The molecule has 2 aliphatic rings. The van der Waals surface area contributed by atoms with E-state index in [4.69, 9.17) is 0 Å². The van der Waals surface area contributed by atoms with E-state index in [0.717, 1.165) is 19.3 Å². The van der Waals surface area contributed by atoms with E-state index < -0.39 is 22.0 Å². The van der Waals surface area contributed by atoms with E-state index in [2.05, 4.69) is 16.7 Å². The van der Waals surface area contributed by atoms with Crippen molar-refractivity contribution in [3.63, 3.8) is 0 Å². The van der Waals surface area contributed by atoms with Gasteiger partial charge in [-0.2, -0.15) is 17.0 Å². The van der Waals surface area contributed by atoms with Crippen LogP contribution in [-0.4, -0.2) is 69.1 Å². The number of piperidine rings is 1. The van der Waals surface area contributed by atoms with Crippen LogP contribution in [0.25, 0.3) is 0 Å². The number of rotatable bonds is 7. The molecule has 0 aromatic rings. The van der Waals surface area contributed by atoms with Gasteiger partial charge in [-0.15, -0.1) is 0 Å². The van der Waals surface area contributed by atoms with Gasteiger partial charge in [0.1, 0.15) is 0 Å². The molecule has 1 saturated heterocycles. The maximum Gasteiger partial charge on any atom is 0.309 e. The summed E-state index contributed by atoms with van der Waals surface area (Å²) in [7, 11) is -0.339. The number of carbonyl (C=O) groups is 2. The lowest BCUT2D eigenvalue weighted by atomic mass is 9.97. The number of carbonyl (C=O) groups excluding carboxylic acids is 2. The van der Waals surface area contributed by atoms with Gasteiger partial charge in [0.2, 0.25) is 0 Å². The minimum atomic E-state index is -3.38. The Morgan fingerprint density at radius 1 is 1.15 bits per heavy atom. The van der Waals surface area contributed by atoms with Crippen molar-refractivity contribution in [1.29, 1.82) is 0 Å². The molecule has 0 unspecified atom stereocenters. The zero-order valence-electron chi connectivity index (χ0n) is 16.4. The lowest BCUT2D eigenvalue weighted by molar-refractivity contribution is -0.139. The molecule has 154 valence electrons. The Kier molecular flexibility index (Phi) is 8.25. The third-order valence-corrected chi connectivity index (χ3v) is 7.18. The van der Waals surface area contributed by atoms with E-state index in [0.29, 0.717) is 39.0 Å². The standard InChI is InChI=1S/C18H32N4O4S/c1-21(2)27(25,26)22-12-9-16(10-13-22)14-20-18(24)17(23)19-11-8-15-6-4-3-5-7-15/h6,16H,3-5,7-14H2,1-2H3,(H,19,23)(H,20,24). The van der Waals surface area contributed by atoms with Gasteiger partial charge >= 0.3 is 11.8 Å². The quantitative estimate of drug-likeness (QED) is 0.484. The Bertz CT molecular complexity index is 652. The summed E-state index contributed by atoms with van der Waals surface area (Å²) in [5, 5.41) is 5.34. The Balaban J connectivity index is 1.64. The van der Waals surface area contributed by atoms with Crippen LogP contribution in [0.15, 0.2) is 11.6 Å². The van der Waals surface area contributed by atoms with E-state index in [9.17, 15) is 18.0 Å². The first kappa shape index (κ1) is 21.8. The van der Waals surface area contributed by atoms with Gasteiger partial charge in [0.05, 0.1) is 0 Å². The first-order valence-electron chi connectivity index (χ1n) is 9.72. The van der Waals surface area contributed by atoms with E-state index >= 15 is 0 Å². The monoisotopic (exact) mass is 400 g/mol. The topological polar surface area (TPSA) is 98.8 Å². The summed E-state index contributed by atoms with van der Waals surface area (Å²) >= 11 is 0. The van der Waals surface area contributed by atoms with Crippen molar-refractivity contribution in [2.75, 3.05) is 40.3 Å². The predicted octanol–water partition coefficient (Wildman–Crippen LogP) is 0.628. The zero-order chi connectivity index (χ0) is 19.9. The maximum absolute atomic E-state index is 12.1. The molecule has 27 heavy (non-hydrogen) atoms. The number of allylic oxidation sites excluding steroid dienone is 1. The summed E-state index contributed by atoms with van der Waals surface area (Å²) < 4.78 is 26.8. The summed E-state index contributed by atoms with van der Waals surface area (Å²) in [6, 6.07) is 0. The van der Waals surface area contributed by atoms with Crippen molar-refractivity contribution in [2.45, 2.75) is 44.9 Å². The summed E-state index contributed by atoms with van der Waals surface area (Å²) in [6.07, 6.45) is 9.01. The molecular weight excluding hydrogens is 368 g/mol. The second-order valence-electron chi connectivity index (χ2n) is 7.46. The van der Waals surface area contributed by atoms with Crippen molar-refractivity contribution >= 4 is 22.0 Å². The largest absolute Gasteiger partial charge is 0.348 e. The van der Waals surface area contributed by atoms with Crippen LogP contribution in [0.2, 0.25) is 0 Å². The Morgan fingerprint density at radius 3 is 2.41 bits per heavy atom. The lowest BCUT2D eigenvalue weighted by Gasteiger charge is -2.32. The molecule has 1 aliphatic carbocycles. The van der Waals surface area contributed by atoms with Crippen molar-refractivity contribution in [3.05, 3.63) is 11.6 Å². The molecule has 0 radical (unpaired) electrons. The molecule has 9 heteroatoms. The van der Waals surface area contributed by atoms with Gasteiger partial charge in [0.15, 0.2) is 0 Å². The highest BCUT2D eigenvalue weighted by Gasteiger charge is 2.29. The molecular formula is C18H32N4O4S. The van der Waals surface area contributed by atoms with E-state index in [1.807, 2.05) is 0 Å². The highest BCUT2D eigenvalue weighted by atomic mass is 32.2. The van der Waals surface area contributed by atoms with Crippen LogP contribution < -0.4 is 10.6 Å². The van der Waals surface area contributed by atoms with Gasteiger partial charge in [0, 0.05) is 40.3 Å². The van der Waals surface area contributed by atoms with Crippen LogP contribution in [0, 0.1) is 5.92 Å². The number of hydrogen-bond acceptors (Lipinski definition) is 4. The number of hydrogen-bond donors (Lipinski definition) is 2. The molecule has 1 heterocycles. The fourth-order valence-electron chi connectivity index (χ4n) is 3.44. The summed E-state index contributed by atoms with van der Waals surface area (Å²) in [6.45, 7) is 1.75. The Labute approximate surface area is 162 Å². The van der Waals surface area contributed by atoms with Gasteiger partial charge in [0.25, 0.3) is 10.2 Å². The molecule has 2 amide bonds. The highest BCUT2D eigenvalue weighted by Crippen LogP contribution is 2.20. The highest BCUT2D eigenvalue weighted by molar-refractivity contribution is 7.86. The Hall–Kier alpha value is -1.45. The molecule has 0 saturated carbocycles. The molecule has 0 aromatic heterocycles. The minimum Gasteiger partial charge on any atom is -0.348 e. The molecule has 8 nitrogen and oxygen atoms in total. The van der Waals surface area contributed by atoms with Crippen LogP contribution in [0.3, 0.4) is 0 Å². The van der Waals surface area contributed by atoms with Crippen LogP contribution in [0.1, 0.15) is 44.9 Å². The third kappa shape index (κ3) is 6.58. The molecule has 1 fully saturated rings. The van der Waals surface area contributed by atoms with Gasteiger partial charge in [-0.05, 0) is 50.9 Å². The first-order valence-corrected chi connectivity index (χ1v) is 11.1. The Morgan fingerprint density at radius 2 is 1.81 bits per heavy atom. The van der Waals surface area contributed by atoms with Gasteiger partial charge < -0.3 is 10.6 Å². The minimum absolute atomic E-state index is 0.183. The van der Waals surface area contributed by atoms with Gasteiger partial charge in [-0.3, -0.25) is 9.59 Å².